The highest BCUT2D eigenvalue weighted by molar-refractivity contribution is 5.97. The first-order valence-electron chi connectivity index (χ1n) is 9.97. The molecule has 2 aliphatic rings. The zero-order chi connectivity index (χ0) is 21.1. The minimum absolute atomic E-state index is 0.0835. The molecule has 4 rings (SSSR count). The number of oxime groups is 1. The van der Waals surface area contributed by atoms with Crippen LogP contribution >= 0.6 is 0 Å². The number of amidine groups is 1. The molecule has 0 spiro atoms. The lowest BCUT2D eigenvalue weighted by Crippen LogP contribution is -2.46. The van der Waals surface area contributed by atoms with Gasteiger partial charge >= 0.3 is 0 Å². The maximum atomic E-state index is 13.1. The Morgan fingerprint density at radius 1 is 1.10 bits per heavy atom. The Kier molecular flexibility index (Phi) is 5.69. The van der Waals surface area contributed by atoms with Gasteiger partial charge in [-0.3, -0.25) is 4.79 Å². The van der Waals surface area contributed by atoms with Gasteiger partial charge in [0.2, 0.25) is 6.10 Å². The van der Waals surface area contributed by atoms with Crippen LogP contribution in [-0.4, -0.2) is 67.5 Å². The number of nitrogens with zero attached hydrogens (tertiary/aromatic N) is 5. The highest BCUT2D eigenvalue weighted by Crippen LogP contribution is 2.20. The van der Waals surface area contributed by atoms with Crippen LogP contribution in [0.15, 0.2) is 47.8 Å². The number of halogens is 1. The third-order valence-corrected chi connectivity index (χ3v) is 5.50. The van der Waals surface area contributed by atoms with Gasteiger partial charge in [0.25, 0.3) is 5.91 Å². The van der Waals surface area contributed by atoms with Gasteiger partial charge in [0.05, 0.1) is 0 Å². The number of carbonyl (C=O) groups excluding carboxylic acids is 1. The predicted octanol–water partition coefficient (Wildman–Crippen LogP) is 1.41. The fourth-order valence-corrected chi connectivity index (χ4v) is 3.63. The van der Waals surface area contributed by atoms with Gasteiger partial charge in [-0.1, -0.05) is 5.16 Å². The van der Waals surface area contributed by atoms with E-state index < -0.39 is 6.10 Å². The van der Waals surface area contributed by atoms with Crippen molar-refractivity contribution < 1.29 is 14.0 Å². The largest absolute Gasteiger partial charge is 0.381 e. The van der Waals surface area contributed by atoms with E-state index >= 15 is 0 Å². The van der Waals surface area contributed by atoms with Crippen molar-refractivity contribution in [3.8, 4) is 0 Å². The Bertz CT molecular complexity index is 910. The number of rotatable bonds is 5. The normalized spacial score (nSPS) is 20.1. The fraction of sp³-hybridized carbons (Fsp3) is 0.381. The monoisotopic (exact) mass is 412 g/mol. The smallest absolute Gasteiger partial charge is 0.266 e. The van der Waals surface area contributed by atoms with Gasteiger partial charge in [0.1, 0.15) is 11.6 Å². The number of aromatic nitrogens is 1. The lowest BCUT2D eigenvalue weighted by molar-refractivity contribution is -0.136. The van der Waals surface area contributed by atoms with Gasteiger partial charge in [-0.05, 0) is 36.4 Å². The fourth-order valence-electron chi connectivity index (χ4n) is 3.63. The first kappa shape index (κ1) is 19.9. The molecule has 0 bridgehead atoms. The molecule has 1 aromatic heterocycles. The van der Waals surface area contributed by atoms with Crippen molar-refractivity contribution in [2.24, 2.45) is 10.9 Å². The maximum absolute atomic E-state index is 13.1. The van der Waals surface area contributed by atoms with Crippen molar-refractivity contribution in [1.82, 2.24) is 9.88 Å². The summed E-state index contributed by atoms with van der Waals surface area (Å²) in [5.41, 5.74) is 7.65. The van der Waals surface area contributed by atoms with E-state index in [9.17, 15) is 9.18 Å². The van der Waals surface area contributed by atoms with Crippen molar-refractivity contribution in [2.45, 2.75) is 12.5 Å². The van der Waals surface area contributed by atoms with Crippen LogP contribution in [0, 0.1) is 5.82 Å². The van der Waals surface area contributed by atoms with E-state index in [1.54, 1.807) is 30.3 Å². The van der Waals surface area contributed by atoms with Crippen LogP contribution in [0.4, 0.5) is 15.9 Å². The standard InChI is InChI=1S/C21H25FN6O2/c1-26-9-8-18(21(26)29)30-25-20(23)15-2-7-19(24-14-15)28-12-10-27(11-13-28)17-5-3-16(22)4-6-17/h2-7,14,18H,8-13H2,1H3,(H2,23,25)/t18-/m0/s1. The summed E-state index contributed by atoms with van der Waals surface area (Å²) in [6, 6.07) is 10.3. The molecule has 2 fully saturated rings. The summed E-state index contributed by atoms with van der Waals surface area (Å²) in [6.45, 7) is 3.94. The zero-order valence-electron chi connectivity index (χ0n) is 16.9. The van der Waals surface area contributed by atoms with Crippen molar-refractivity contribution in [1.29, 1.82) is 0 Å². The second-order valence-corrected chi connectivity index (χ2v) is 7.47. The second-order valence-electron chi connectivity index (χ2n) is 7.47. The number of likely N-dealkylation sites (tertiary alicyclic amines) is 1. The second kappa shape index (κ2) is 8.56. The molecule has 1 aromatic carbocycles. The lowest BCUT2D eigenvalue weighted by atomic mass is 10.2. The molecule has 0 unspecified atom stereocenters. The highest BCUT2D eigenvalue weighted by Gasteiger charge is 2.31. The van der Waals surface area contributed by atoms with Crippen LogP contribution in [0.2, 0.25) is 0 Å². The molecule has 8 nitrogen and oxygen atoms in total. The Morgan fingerprint density at radius 3 is 2.40 bits per heavy atom. The Hall–Kier alpha value is -3.36. The quantitative estimate of drug-likeness (QED) is 0.454. The minimum atomic E-state index is -0.571. The summed E-state index contributed by atoms with van der Waals surface area (Å²) in [5, 5.41) is 3.91. The molecule has 2 aliphatic heterocycles. The van der Waals surface area contributed by atoms with Gasteiger partial charge in [0.15, 0.2) is 5.84 Å². The van der Waals surface area contributed by atoms with E-state index in [2.05, 4.69) is 19.9 Å². The van der Waals surface area contributed by atoms with Gasteiger partial charge in [0, 0.05) is 63.6 Å². The molecular weight excluding hydrogens is 387 g/mol. The molecule has 1 amide bonds. The minimum Gasteiger partial charge on any atom is -0.381 e. The van der Waals surface area contributed by atoms with Crippen molar-refractivity contribution in [2.75, 3.05) is 49.6 Å². The van der Waals surface area contributed by atoms with Crippen molar-refractivity contribution in [3.63, 3.8) is 0 Å². The van der Waals surface area contributed by atoms with E-state index in [0.29, 0.717) is 18.5 Å². The Labute approximate surface area is 174 Å². The van der Waals surface area contributed by atoms with Gasteiger partial charge in [-0.25, -0.2) is 9.37 Å². The average molecular weight is 412 g/mol. The maximum Gasteiger partial charge on any atom is 0.266 e. The van der Waals surface area contributed by atoms with Crippen LogP contribution in [-0.2, 0) is 9.63 Å². The van der Waals surface area contributed by atoms with E-state index in [4.69, 9.17) is 10.6 Å². The van der Waals surface area contributed by atoms with Gasteiger partial charge < -0.3 is 25.3 Å². The molecule has 0 radical (unpaired) electrons. The third-order valence-electron chi connectivity index (χ3n) is 5.50. The SMILES string of the molecule is CN1CC[C@H](O/N=C(\N)c2ccc(N3CCN(c4ccc(F)cc4)CC3)nc2)C1=O. The Morgan fingerprint density at radius 2 is 1.80 bits per heavy atom. The van der Waals surface area contributed by atoms with Crippen molar-refractivity contribution >= 4 is 23.2 Å². The van der Waals surface area contributed by atoms with E-state index in [1.807, 2.05) is 12.1 Å². The Balaban J connectivity index is 1.33. The highest BCUT2D eigenvalue weighted by atomic mass is 19.1. The van der Waals surface area contributed by atoms with Gasteiger partial charge in [-0.2, -0.15) is 0 Å². The average Bonchev–Trinajstić information content (AvgIpc) is 3.10. The van der Waals surface area contributed by atoms with Crippen LogP contribution in [0.25, 0.3) is 0 Å². The molecule has 158 valence electrons. The van der Waals surface area contributed by atoms with E-state index in [1.165, 1.54) is 12.1 Å². The number of hydrogen-bond acceptors (Lipinski definition) is 6. The molecule has 1 atom stereocenters. The molecule has 2 aromatic rings. The van der Waals surface area contributed by atoms with Crippen LogP contribution in [0.1, 0.15) is 12.0 Å². The number of anilines is 2. The lowest BCUT2D eigenvalue weighted by Gasteiger charge is -2.36. The predicted molar refractivity (Wildman–Crippen MR) is 113 cm³/mol. The summed E-state index contributed by atoms with van der Waals surface area (Å²) in [7, 11) is 1.74. The van der Waals surface area contributed by atoms with Crippen LogP contribution in [0.5, 0.6) is 0 Å². The number of amides is 1. The van der Waals surface area contributed by atoms with Gasteiger partial charge in [-0.15, -0.1) is 0 Å². The molecule has 3 heterocycles. The number of likely N-dealkylation sites (N-methyl/N-ethyl adjacent to an activating group) is 1. The molecule has 30 heavy (non-hydrogen) atoms. The molecule has 9 heteroatoms. The first-order chi connectivity index (χ1) is 14.5. The number of nitrogens with two attached hydrogens (primary N) is 1. The van der Waals surface area contributed by atoms with E-state index in [0.717, 1.165) is 37.7 Å². The van der Waals surface area contributed by atoms with Crippen LogP contribution in [0.3, 0.4) is 0 Å². The van der Waals surface area contributed by atoms with Crippen molar-refractivity contribution in [3.05, 3.63) is 54.0 Å². The topological polar surface area (TPSA) is 87.3 Å². The zero-order valence-corrected chi connectivity index (χ0v) is 16.9. The van der Waals surface area contributed by atoms with E-state index in [-0.39, 0.29) is 17.6 Å². The first-order valence-corrected chi connectivity index (χ1v) is 9.97. The molecular formula is C21H25FN6O2. The number of carbonyl (C=O) groups is 1. The molecule has 2 saturated heterocycles. The molecule has 0 saturated carbocycles. The number of hydrogen-bond donors (Lipinski definition) is 1. The third kappa shape index (κ3) is 4.29. The summed E-state index contributed by atoms with van der Waals surface area (Å²) in [5.74, 6) is 0.744. The molecule has 2 N–H and O–H groups in total. The molecule has 0 aliphatic carbocycles. The summed E-state index contributed by atoms with van der Waals surface area (Å²) in [6.07, 6.45) is 1.69. The number of pyridine rings is 1. The number of benzene rings is 1. The number of piperazine rings is 1. The van der Waals surface area contributed by atoms with Crippen LogP contribution < -0.4 is 15.5 Å². The summed E-state index contributed by atoms with van der Waals surface area (Å²) in [4.78, 5) is 27.7. The summed E-state index contributed by atoms with van der Waals surface area (Å²) >= 11 is 0. The summed E-state index contributed by atoms with van der Waals surface area (Å²) < 4.78 is 13.1.